The second-order valence-electron chi connectivity index (χ2n) is 4.49. The van der Waals surface area contributed by atoms with Crippen LogP contribution in [0.15, 0.2) is 24.5 Å². The fourth-order valence-electron chi connectivity index (χ4n) is 2.28. The van der Waals surface area contributed by atoms with Crippen LogP contribution in [0.5, 0.6) is 0 Å². The second-order valence-corrected chi connectivity index (χ2v) is 4.99. The molecule has 0 spiro atoms. The molecule has 0 radical (unpaired) electrons. The van der Waals surface area contributed by atoms with Gasteiger partial charge in [-0.25, -0.2) is 0 Å². The van der Waals surface area contributed by atoms with Crippen LogP contribution in [-0.2, 0) is 4.74 Å². The van der Waals surface area contributed by atoms with E-state index in [9.17, 15) is 0 Å². The maximum atomic E-state index is 6.54. The van der Waals surface area contributed by atoms with Gasteiger partial charge in [0.1, 0.15) is 0 Å². The normalized spacial score (nSPS) is 25.0. The molecule has 0 bridgehead atoms. The summed E-state index contributed by atoms with van der Waals surface area (Å²) in [6, 6.07) is 4.09. The summed E-state index contributed by atoms with van der Waals surface area (Å²) in [6.07, 6.45) is 5.97. The molecular weight excluding hydrogens is 222 g/mol. The first-order valence-electron chi connectivity index (χ1n) is 5.91. The summed E-state index contributed by atoms with van der Waals surface area (Å²) in [7, 11) is 0. The molecule has 1 fully saturated rings. The molecule has 2 nitrogen and oxygen atoms in total. The highest BCUT2D eigenvalue weighted by molar-refractivity contribution is 6.21. The molecule has 1 aliphatic rings. The molecule has 2 rings (SSSR count). The number of rotatable bonds is 3. The number of alkyl halides is 1. The molecule has 1 aromatic rings. The predicted molar refractivity (Wildman–Crippen MR) is 65.8 cm³/mol. The summed E-state index contributed by atoms with van der Waals surface area (Å²) in [5, 5.41) is 0.155. The number of nitrogens with zero attached hydrogens (tertiary/aromatic N) is 1. The average molecular weight is 240 g/mol. The van der Waals surface area contributed by atoms with E-state index in [-0.39, 0.29) is 5.38 Å². The van der Waals surface area contributed by atoms with Crippen molar-refractivity contribution in [2.24, 2.45) is 5.92 Å². The van der Waals surface area contributed by atoms with Gasteiger partial charge in [0.15, 0.2) is 0 Å². The number of hydrogen-bond acceptors (Lipinski definition) is 2. The zero-order chi connectivity index (χ0) is 11.4. The SMILES string of the molecule is CC(c1ccncc1)C(Cl)C1CCCOC1. The summed E-state index contributed by atoms with van der Waals surface area (Å²) < 4.78 is 5.49. The monoisotopic (exact) mass is 239 g/mol. The van der Waals surface area contributed by atoms with Gasteiger partial charge >= 0.3 is 0 Å². The Morgan fingerprint density at radius 1 is 1.44 bits per heavy atom. The van der Waals surface area contributed by atoms with E-state index in [0.717, 1.165) is 19.6 Å². The van der Waals surface area contributed by atoms with Gasteiger partial charge in [-0.05, 0) is 42.4 Å². The van der Waals surface area contributed by atoms with E-state index in [2.05, 4.69) is 11.9 Å². The van der Waals surface area contributed by atoms with Crippen LogP contribution in [0.2, 0.25) is 0 Å². The van der Waals surface area contributed by atoms with Gasteiger partial charge in [0.05, 0.1) is 6.61 Å². The van der Waals surface area contributed by atoms with E-state index in [0.29, 0.717) is 11.8 Å². The van der Waals surface area contributed by atoms with E-state index in [4.69, 9.17) is 16.3 Å². The van der Waals surface area contributed by atoms with E-state index < -0.39 is 0 Å². The van der Waals surface area contributed by atoms with Crippen molar-refractivity contribution in [1.82, 2.24) is 4.98 Å². The van der Waals surface area contributed by atoms with Crippen LogP contribution in [0.3, 0.4) is 0 Å². The fourth-order valence-corrected chi connectivity index (χ4v) is 2.62. The maximum Gasteiger partial charge on any atom is 0.0508 e. The van der Waals surface area contributed by atoms with Gasteiger partial charge in [0.25, 0.3) is 0 Å². The Morgan fingerprint density at radius 2 is 2.19 bits per heavy atom. The first-order valence-corrected chi connectivity index (χ1v) is 6.34. The molecule has 0 N–H and O–H groups in total. The molecule has 0 aromatic carbocycles. The van der Waals surface area contributed by atoms with Gasteiger partial charge < -0.3 is 4.74 Å². The largest absolute Gasteiger partial charge is 0.381 e. The molecule has 1 saturated heterocycles. The lowest BCUT2D eigenvalue weighted by Gasteiger charge is -2.30. The Kier molecular flexibility index (Phi) is 4.19. The summed E-state index contributed by atoms with van der Waals surface area (Å²) >= 11 is 6.54. The molecule has 2 heterocycles. The van der Waals surface area contributed by atoms with E-state index >= 15 is 0 Å². The van der Waals surface area contributed by atoms with Crippen molar-refractivity contribution in [2.75, 3.05) is 13.2 Å². The highest BCUT2D eigenvalue weighted by atomic mass is 35.5. The molecule has 3 unspecified atom stereocenters. The fraction of sp³-hybridized carbons (Fsp3) is 0.615. The zero-order valence-corrected chi connectivity index (χ0v) is 10.4. The second kappa shape index (κ2) is 5.65. The van der Waals surface area contributed by atoms with Crippen LogP contribution < -0.4 is 0 Å². The molecule has 3 heteroatoms. The zero-order valence-electron chi connectivity index (χ0n) is 9.60. The van der Waals surface area contributed by atoms with Crippen molar-refractivity contribution >= 4 is 11.6 Å². The van der Waals surface area contributed by atoms with E-state index in [1.807, 2.05) is 24.5 Å². The van der Waals surface area contributed by atoms with Gasteiger partial charge in [-0.3, -0.25) is 4.98 Å². The standard InChI is InChI=1S/C13H18ClNO/c1-10(11-4-6-15-7-5-11)13(14)12-3-2-8-16-9-12/h4-7,10,12-13H,2-3,8-9H2,1H3. The summed E-state index contributed by atoms with van der Waals surface area (Å²) in [5.41, 5.74) is 1.26. The molecule has 88 valence electrons. The predicted octanol–water partition coefficient (Wildman–Crippen LogP) is 3.22. The topological polar surface area (TPSA) is 22.1 Å². The molecule has 0 amide bonds. The minimum absolute atomic E-state index is 0.155. The van der Waals surface area contributed by atoms with Crippen LogP contribution in [0.4, 0.5) is 0 Å². The molecule has 0 aliphatic carbocycles. The third-order valence-electron chi connectivity index (χ3n) is 3.36. The maximum absolute atomic E-state index is 6.54. The lowest BCUT2D eigenvalue weighted by atomic mass is 9.87. The third kappa shape index (κ3) is 2.74. The third-order valence-corrected chi connectivity index (χ3v) is 4.09. The Morgan fingerprint density at radius 3 is 2.81 bits per heavy atom. The first-order chi connectivity index (χ1) is 7.79. The minimum Gasteiger partial charge on any atom is -0.381 e. The van der Waals surface area contributed by atoms with Crippen molar-refractivity contribution in [2.45, 2.75) is 31.1 Å². The van der Waals surface area contributed by atoms with Crippen molar-refractivity contribution in [3.8, 4) is 0 Å². The Hall–Kier alpha value is -0.600. The van der Waals surface area contributed by atoms with Gasteiger partial charge in [-0.1, -0.05) is 6.92 Å². The summed E-state index contributed by atoms with van der Waals surface area (Å²) in [4.78, 5) is 4.03. The van der Waals surface area contributed by atoms with E-state index in [1.54, 1.807) is 0 Å². The molecule has 0 saturated carbocycles. The van der Waals surface area contributed by atoms with Gasteiger partial charge in [-0.15, -0.1) is 11.6 Å². The lowest BCUT2D eigenvalue weighted by molar-refractivity contribution is 0.0511. The van der Waals surface area contributed by atoms with Crippen LogP contribution in [0.1, 0.15) is 31.2 Å². The van der Waals surface area contributed by atoms with Crippen molar-refractivity contribution in [1.29, 1.82) is 0 Å². The number of hydrogen-bond donors (Lipinski definition) is 0. The van der Waals surface area contributed by atoms with Gasteiger partial charge in [0.2, 0.25) is 0 Å². The van der Waals surface area contributed by atoms with Crippen LogP contribution in [-0.4, -0.2) is 23.6 Å². The summed E-state index contributed by atoms with van der Waals surface area (Å²) in [6.45, 7) is 3.88. The molecule has 3 atom stereocenters. The number of halogens is 1. The van der Waals surface area contributed by atoms with Crippen molar-refractivity contribution < 1.29 is 4.74 Å². The summed E-state index contributed by atoms with van der Waals surface area (Å²) in [5.74, 6) is 0.843. The molecule has 1 aliphatic heterocycles. The minimum atomic E-state index is 0.155. The molecule has 1 aromatic heterocycles. The lowest BCUT2D eigenvalue weighted by Crippen LogP contribution is -2.29. The first kappa shape index (κ1) is 11.9. The highest BCUT2D eigenvalue weighted by Crippen LogP contribution is 2.32. The van der Waals surface area contributed by atoms with Gasteiger partial charge in [0, 0.05) is 24.4 Å². The molecular formula is C13H18ClNO. The van der Waals surface area contributed by atoms with Crippen molar-refractivity contribution in [3.05, 3.63) is 30.1 Å². The Labute approximate surface area is 102 Å². The quantitative estimate of drug-likeness (QED) is 0.756. The van der Waals surface area contributed by atoms with Crippen LogP contribution >= 0.6 is 11.6 Å². The highest BCUT2D eigenvalue weighted by Gasteiger charge is 2.27. The number of aromatic nitrogens is 1. The Bertz CT molecular complexity index is 311. The van der Waals surface area contributed by atoms with E-state index in [1.165, 1.54) is 12.0 Å². The molecule has 16 heavy (non-hydrogen) atoms. The smallest absolute Gasteiger partial charge is 0.0508 e. The van der Waals surface area contributed by atoms with Crippen molar-refractivity contribution in [3.63, 3.8) is 0 Å². The number of ether oxygens (including phenoxy) is 1. The van der Waals surface area contributed by atoms with Gasteiger partial charge in [-0.2, -0.15) is 0 Å². The van der Waals surface area contributed by atoms with Crippen LogP contribution in [0, 0.1) is 5.92 Å². The Balaban J connectivity index is 2.00. The average Bonchev–Trinajstić information content (AvgIpc) is 2.39. The number of pyridine rings is 1. The van der Waals surface area contributed by atoms with Crippen LogP contribution in [0.25, 0.3) is 0 Å².